The van der Waals surface area contributed by atoms with Gasteiger partial charge in [0.05, 0.1) is 22.8 Å². The summed E-state index contributed by atoms with van der Waals surface area (Å²) in [7, 11) is 0. The second-order valence-electron chi connectivity index (χ2n) is 5.85. The zero-order valence-electron chi connectivity index (χ0n) is 13.4. The highest BCUT2D eigenvalue weighted by Crippen LogP contribution is 2.31. The lowest BCUT2D eigenvalue weighted by Crippen LogP contribution is -2.23. The summed E-state index contributed by atoms with van der Waals surface area (Å²) in [6.45, 7) is -0.470. The molecule has 0 bridgehead atoms. The number of esters is 1. The molecule has 0 atom stereocenters. The van der Waals surface area contributed by atoms with Crippen molar-refractivity contribution >= 4 is 29.3 Å². The van der Waals surface area contributed by atoms with E-state index in [0.29, 0.717) is 5.82 Å². The number of carbonyl (C=O) groups is 2. The van der Waals surface area contributed by atoms with E-state index in [1.807, 2.05) is 0 Å². The second-order valence-corrected chi connectivity index (χ2v) is 6.25. The minimum absolute atomic E-state index is 0.00636. The molecule has 1 aromatic heterocycles. The van der Waals surface area contributed by atoms with Gasteiger partial charge in [0.25, 0.3) is 5.91 Å². The largest absolute Gasteiger partial charge is 0.452 e. The van der Waals surface area contributed by atoms with Crippen LogP contribution in [0.4, 0.5) is 10.2 Å². The van der Waals surface area contributed by atoms with Gasteiger partial charge in [-0.05, 0) is 31.0 Å². The SMILES string of the molecule is O=C(COC(=O)c1ccc(F)cc1Cl)Nc1ccnn1C1CCCC1. The number of hydrogen-bond donors (Lipinski definition) is 1. The molecule has 2 aromatic rings. The van der Waals surface area contributed by atoms with Crippen LogP contribution in [-0.4, -0.2) is 28.3 Å². The molecule has 1 aliphatic rings. The van der Waals surface area contributed by atoms with E-state index in [-0.39, 0.29) is 16.6 Å². The number of nitrogens with one attached hydrogen (secondary N) is 1. The highest BCUT2D eigenvalue weighted by atomic mass is 35.5. The first-order valence-corrected chi connectivity index (χ1v) is 8.38. The van der Waals surface area contributed by atoms with Gasteiger partial charge in [-0.1, -0.05) is 24.4 Å². The molecular weight excluding hydrogens is 349 g/mol. The van der Waals surface area contributed by atoms with E-state index in [9.17, 15) is 14.0 Å². The number of halogens is 2. The van der Waals surface area contributed by atoms with Gasteiger partial charge in [0.15, 0.2) is 6.61 Å². The molecule has 0 radical (unpaired) electrons. The molecule has 1 saturated carbocycles. The lowest BCUT2D eigenvalue weighted by atomic mass is 10.2. The van der Waals surface area contributed by atoms with Crippen LogP contribution in [0.15, 0.2) is 30.5 Å². The van der Waals surface area contributed by atoms with E-state index in [1.54, 1.807) is 16.9 Å². The minimum Gasteiger partial charge on any atom is -0.452 e. The number of aromatic nitrogens is 2. The van der Waals surface area contributed by atoms with Crippen molar-refractivity contribution in [2.75, 3.05) is 11.9 Å². The van der Waals surface area contributed by atoms with Gasteiger partial charge < -0.3 is 10.1 Å². The Morgan fingerprint density at radius 3 is 2.80 bits per heavy atom. The molecule has 1 amide bonds. The van der Waals surface area contributed by atoms with Crippen molar-refractivity contribution in [1.82, 2.24) is 9.78 Å². The van der Waals surface area contributed by atoms with Crippen LogP contribution in [0, 0.1) is 5.82 Å². The molecule has 0 saturated heterocycles. The molecule has 1 N–H and O–H groups in total. The summed E-state index contributed by atoms with van der Waals surface area (Å²) in [6, 6.07) is 5.31. The fraction of sp³-hybridized carbons (Fsp3) is 0.353. The molecule has 1 aliphatic carbocycles. The summed E-state index contributed by atoms with van der Waals surface area (Å²) >= 11 is 5.80. The molecule has 0 unspecified atom stereocenters. The van der Waals surface area contributed by atoms with Gasteiger partial charge in [0.1, 0.15) is 11.6 Å². The summed E-state index contributed by atoms with van der Waals surface area (Å²) in [5, 5.41) is 6.88. The van der Waals surface area contributed by atoms with E-state index in [2.05, 4.69) is 10.4 Å². The van der Waals surface area contributed by atoms with Crippen LogP contribution in [0.25, 0.3) is 0 Å². The summed E-state index contributed by atoms with van der Waals surface area (Å²) in [5.74, 6) is -1.25. The average Bonchev–Trinajstić information content (AvgIpc) is 3.23. The van der Waals surface area contributed by atoms with Crippen molar-refractivity contribution in [3.05, 3.63) is 46.9 Å². The molecule has 25 heavy (non-hydrogen) atoms. The zero-order valence-corrected chi connectivity index (χ0v) is 14.1. The maximum atomic E-state index is 13.0. The van der Waals surface area contributed by atoms with E-state index in [4.69, 9.17) is 16.3 Å². The maximum absolute atomic E-state index is 13.0. The van der Waals surface area contributed by atoms with E-state index in [0.717, 1.165) is 37.8 Å². The number of amides is 1. The van der Waals surface area contributed by atoms with Crippen molar-refractivity contribution in [2.45, 2.75) is 31.7 Å². The highest BCUT2D eigenvalue weighted by Gasteiger charge is 2.21. The second kappa shape index (κ2) is 7.65. The van der Waals surface area contributed by atoms with Gasteiger partial charge >= 0.3 is 5.97 Å². The van der Waals surface area contributed by atoms with Crippen molar-refractivity contribution in [3.63, 3.8) is 0 Å². The number of benzene rings is 1. The molecule has 0 aliphatic heterocycles. The number of nitrogens with zero attached hydrogens (tertiary/aromatic N) is 2. The monoisotopic (exact) mass is 365 g/mol. The topological polar surface area (TPSA) is 73.2 Å². The van der Waals surface area contributed by atoms with Gasteiger partial charge in [-0.15, -0.1) is 0 Å². The fourth-order valence-electron chi connectivity index (χ4n) is 2.90. The first-order valence-electron chi connectivity index (χ1n) is 8.00. The van der Waals surface area contributed by atoms with Crippen molar-refractivity contribution in [2.24, 2.45) is 0 Å². The lowest BCUT2D eigenvalue weighted by Gasteiger charge is -2.14. The molecule has 1 aromatic carbocycles. The zero-order chi connectivity index (χ0) is 17.8. The standard InChI is InChI=1S/C17H17ClFN3O3/c18-14-9-11(19)5-6-13(14)17(24)25-10-16(23)21-15-7-8-20-22(15)12-3-1-2-4-12/h5-9,12H,1-4,10H2,(H,21,23). The predicted molar refractivity (Wildman–Crippen MR) is 90.1 cm³/mol. The van der Waals surface area contributed by atoms with Crippen LogP contribution in [0.2, 0.25) is 5.02 Å². The Bertz CT molecular complexity index is 787. The Morgan fingerprint density at radius 1 is 1.32 bits per heavy atom. The van der Waals surface area contributed by atoms with Gasteiger partial charge in [-0.2, -0.15) is 5.10 Å². The van der Waals surface area contributed by atoms with Crippen LogP contribution in [0.5, 0.6) is 0 Å². The summed E-state index contributed by atoms with van der Waals surface area (Å²) in [5.41, 5.74) is 0.00636. The van der Waals surface area contributed by atoms with Crippen molar-refractivity contribution < 1.29 is 18.7 Å². The van der Waals surface area contributed by atoms with Crippen LogP contribution in [-0.2, 0) is 9.53 Å². The third kappa shape index (κ3) is 4.17. The molecule has 132 valence electrons. The Labute approximate surface area is 148 Å². The van der Waals surface area contributed by atoms with Crippen LogP contribution in [0.1, 0.15) is 42.1 Å². The van der Waals surface area contributed by atoms with E-state index in [1.165, 1.54) is 6.07 Å². The first kappa shape index (κ1) is 17.4. The van der Waals surface area contributed by atoms with Gasteiger partial charge in [-0.25, -0.2) is 13.9 Å². The molecular formula is C17H17ClFN3O3. The number of ether oxygens (including phenoxy) is 1. The van der Waals surface area contributed by atoms with Crippen molar-refractivity contribution in [1.29, 1.82) is 0 Å². The predicted octanol–water partition coefficient (Wildman–Crippen LogP) is 3.59. The Kier molecular flexibility index (Phi) is 5.33. The van der Waals surface area contributed by atoms with E-state index >= 15 is 0 Å². The Hall–Kier alpha value is -2.41. The first-order chi connectivity index (χ1) is 12.0. The van der Waals surface area contributed by atoms with Crippen LogP contribution < -0.4 is 5.32 Å². The summed E-state index contributed by atoms with van der Waals surface area (Å²) in [6.07, 6.45) is 5.98. The number of hydrogen-bond acceptors (Lipinski definition) is 4. The van der Waals surface area contributed by atoms with Gasteiger partial charge in [-0.3, -0.25) is 4.79 Å². The summed E-state index contributed by atoms with van der Waals surface area (Å²) in [4.78, 5) is 24.0. The third-order valence-corrected chi connectivity index (χ3v) is 4.41. The lowest BCUT2D eigenvalue weighted by molar-refractivity contribution is -0.119. The molecule has 1 fully saturated rings. The maximum Gasteiger partial charge on any atom is 0.340 e. The van der Waals surface area contributed by atoms with Gasteiger partial charge in [0, 0.05) is 6.07 Å². The molecule has 1 heterocycles. The summed E-state index contributed by atoms with van der Waals surface area (Å²) < 4.78 is 19.7. The molecule has 3 rings (SSSR count). The van der Waals surface area contributed by atoms with Crippen LogP contribution in [0.3, 0.4) is 0 Å². The number of anilines is 1. The Morgan fingerprint density at radius 2 is 2.08 bits per heavy atom. The van der Waals surface area contributed by atoms with Gasteiger partial charge in [0.2, 0.25) is 0 Å². The van der Waals surface area contributed by atoms with Crippen molar-refractivity contribution in [3.8, 4) is 0 Å². The molecule has 8 heteroatoms. The average molecular weight is 366 g/mol. The van der Waals surface area contributed by atoms with E-state index < -0.39 is 24.3 Å². The third-order valence-electron chi connectivity index (χ3n) is 4.09. The fourth-order valence-corrected chi connectivity index (χ4v) is 3.14. The molecule has 0 spiro atoms. The molecule has 6 nitrogen and oxygen atoms in total. The van der Waals surface area contributed by atoms with Crippen LogP contribution >= 0.6 is 11.6 Å². The normalized spacial score (nSPS) is 14.5. The number of carbonyl (C=O) groups excluding carboxylic acids is 2. The number of rotatable bonds is 5. The minimum atomic E-state index is -0.788. The quantitative estimate of drug-likeness (QED) is 0.822. The Balaban J connectivity index is 1.56. The highest BCUT2D eigenvalue weighted by molar-refractivity contribution is 6.33. The smallest absolute Gasteiger partial charge is 0.340 e.